The van der Waals surface area contributed by atoms with Crippen molar-refractivity contribution in [3.8, 4) is 0 Å². The van der Waals surface area contributed by atoms with Gasteiger partial charge in [-0.3, -0.25) is 14.3 Å². The third-order valence-electron chi connectivity index (χ3n) is 6.18. The number of rotatable bonds is 6. The van der Waals surface area contributed by atoms with Crippen molar-refractivity contribution < 1.29 is 14.7 Å². The van der Waals surface area contributed by atoms with Crippen molar-refractivity contribution >= 4 is 17.5 Å². The van der Waals surface area contributed by atoms with Crippen LogP contribution in [0.1, 0.15) is 50.8 Å². The van der Waals surface area contributed by atoms with Crippen LogP contribution in [0.5, 0.6) is 0 Å². The van der Waals surface area contributed by atoms with Gasteiger partial charge in [-0.1, -0.05) is 36.4 Å². The van der Waals surface area contributed by atoms with Crippen LogP contribution >= 0.6 is 0 Å². The maximum Gasteiger partial charge on any atom is 0.274 e. The number of benzene rings is 1. The molecule has 1 aliphatic rings. The molecule has 0 aliphatic carbocycles. The van der Waals surface area contributed by atoms with Gasteiger partial charge in [0, 0.05) is 36.6 Å². The first-order valence-corrected chi connectivity index (χ1v) is 11.3. The monoisotopic (exact) mass is 458 g/mol. The fourth-order valence-corrected chi connectivity index (χ4v) is 4.42. The van der Waals surface area contributed by atoms with E-state index in [4.69, 9.17) is 0 Å². The molecule has 9 nitrogen and oxygen atoms in total. The predicted octanol–water partition coefficient (Wildman–Crippen LogP) is 2.21. The summed E-state index contributed by atoms with van der Waals surface area (Å²) in [6.07, 6.45) is 4.11. The zero-order valence-electron chi connectivity index (χ0n) is 18.9. The smallest absolute Gasteiger partial charge is 0.274 e. The minimum Gasteiger partial charge on any atom is -0.394 e. The van der Waals surface area contributed by atoms with E-state index in [0.717, 1.165) is 16.8 Å². The zero-order valence-corrected chi connectivity index (χ0v) is 18.9. The van der Waals surface area contributed by atoms with E-state index < -0.39 is 0 Å². The number of carbonyl (C=O) groups is 2. The number of hydrogen-bond donors (Lipinski definition) is 2. The minimum absolute atomic E-state index is 0.0838. The second-order valence-electron chi connectivity index (χ2n) is 8.40. The SMILES string of the molecule is C[C@H](NC(=O)c1nn(CCO)c2c1CN(C(=O)c1cn3ccccc3n1)CC2)c1ccccc1. The first-order valence-electron chi connectivity index (χ1n) is 11.3. The summed E-state index contributed by atoms with van der Waals surface area (Å²) in [6.45, 7) is 2.88. The molecule has 1 atom stereocenters. The summed E-state index contributed by atoms with van der Waals surface area (Å²) < 4.78 is 3.50. The third-order valence-corrected chi connectivity index (χ3v) is 6.18. The molecule has 5 rings (SSSR count). The standard InChI is InChI=1S/C25H26N6O3/c1-17(18-7-3-2-4-8-18)26-24(33)23-19-15-30(12-10-21(19)31(28-23)13-14-32)25(34)20-16-29-11-6-5-9-22(29)27-20/h2-9,11,16-17,32H,10,12-15H2,1H3,(H,26,33)/t17-/m0/s1. The maximum atomic E-state index is 13.2. The number of pyridine rings is 1. The maximum absolute atomic E-state index is 13.2. The van der Waals surface area contributed by atoms with Crippen molar-refractivity contribution in [3.63, 3.8) is 0 Å². The highest BCUT2D eigenvalue weighted by Gasteiger charge is 2.31. The van der Waals surface area contributed by atoms with E-state index in [1.165, 1.54) is 0 Å². The number of aliphatic hydroxyl groups is 1. The quantitative estimate of drug-likeness (QED) is 0.461. The minimum atomic E-state index is -0.300. The van der Waals surface area contributed by atoms with Crippen LogP contribution in [0.2, 0.25) is 0 Å². The van der Waals surface area contributed by atoms with Gasteiger partial charge < -0.3 is 19.7 Å². The van der Waals surface area contributed by atoms with E-state index in [2.05, 4.69) is 15.4 Å². The molecule has 2 N–H and O–H groups in total. The number of nitrogens with one attached hydrogen (secondary N) is 1. The normalized spacial score (nSPS) is 14.1. The number of imidazole rings is 1. The van der Waals surface area contributed by atoms with E-state index in [0.29, 0.717) is 36.5 Å². The van der Waals surface area contributed by atoms with Gasteiger partial charge in [0.2, 0.25) is 0 Å². The van der Waals surface area contributed by atoms with Crippen molar-refractivity contribution in [1.29, 1.82) is 0 Å². The Hall–Kier alpha value is -3.98. The number of nitrogens with zero attached hydrogens (tertiary/aromatic N) is 5. The van der Waals surface area contributed by atoms with Crippen molar-refractivity contribution in [2.75, 3.05) is 13.2 Å². The zero-order chi connectivity index (χ0) is 23.7. The second kappa shape index (κ2) is 9.11. The molecule has 1 aliphatic heterocycles. The largest absolute Gasteiger partial charge is 0.394 e. The molecule has 0 radical (unpaired) electrons. The Labute approximate surface area is 196 Å². The first-order chi connectivity index (χ1) is 16.5. The molecule has 0 spiro atoms. The molecule has 34 heavy (non-hydrogen) atoms. The van der Waals surface area contributed by atoms with Gasteiger partial charge in [0.15, 0.2) is 5.69 Å². The summed E-state index contributed by atoms with van der Waals surface area (Å²) in [5.41, 5.74) is 3.94. The van der Waals surface area contributed by atoms with Crippen molar-refractivity contribution in [1.82, 2.24) is 29.4 Å². The highest BCUT2D eigenvalue weighted by molar-refractivity contribution is 5.96. The Morgan fingerprint density at radius 1 is 1.15 bits per heavy atom. The van der Waals surface area contributed by atoms with E-state index in [9.17, 15) is 14.7 Å². The van der Waals surface area contributed by atoms with Crippen LogP contribution in [0.25, 0.3) is 5.65 Å². The third kappa shape index (κ3) is 4.06. The molecule has 0 unspecified atom stereocenters. The lowest BCUT2D eigenvalue weighted by Gasteiger charge is -2.27. The molecule has 174 valence electrons. The van der Waals surface area contributed by atoms with Crippen LogP contribution in [0.3, 0.4) is 0 Å². The van der Waals surface area contributed by atoms with Crippen LogP contribution in [0.4, 0.5) is 0 Å². The Morgan fingerprint density at radius 3 is 2.71 bits per heavy atom. The number of aliphatic hydroxyl groups excluding tert-OH is 1. The van der Waals surface area contributed by atoms with E-state index in [1.54, 1.807) is 15.8 Å². The Bertz CT molecular complexity index is 1310. The fourth-order valence-electron chi connectivity index (χ4n) is 4.42. The molecule has 9 heteroatoms. The van der Waals surface area contributed by atoms with Crippen molar-refractivity contribution in [2.45, 2.75) is 32.5 Å². The lowest BCUT2D eigenvalue weighted by atomic mass is 10.0. The van der Waals surface area contributed by atoms with E-state index in [1.807, 2.05) is 66.1 Å². The van der Waals surface area contributed by atoms with Gasteiger partial charge in [-0.05, 0) is 24.6 Å². The summed E-state index contributed by atoms with van der Waals surface area (Å²) in [7, 11) is 0. The highest BCUT2D eigenvalue weighted by atomic mass is 16.3. The predicted molar refractivity (Wildman–Crippen MR) is 125 cm³/mol. The van der Waals surface area contributed by atoms with Crippen LogP contribution in [0.15, 0.2) is 60.9 Å². The number of hydrogen-bond acceptors (Lipinski definition) is 5. The molecular weight excluding hydrogens is 432 g/mol. The molecule has 0 bridgehead atoms. The number of fused-ring (bicyclic) bond motifs is 2. The fraction of sp³-hybridized carbons (Fsp3) is 0.280. The number of aromatic nitrogens is 4. The molecule has 0 fully saturated rings. The van der Waals surface area contributed by atoms with Gasteiger partial charge in [-0.25, -0.2) is 4.98 Å². The molecule has 0 saturated heterocycles. The van der Waals surface area contributed by atoms with Gasteiger partial charge in [0.1, 0.15) is 11.3 Å². The first kappa shape index (κ1) is 21.8. The average Bonchev–Trinajstić information content (AvgIpc) is 3.46. The van der Waals surface area contributed by atoms with Crippen LogP contribution in [0, 0.1) is 0 Å². The number of amides is 2. The van der Waals surface area contributed by atoms with Gasteiger partial charge in [-0.2, -0.15) is 5.10 Å². The van der Waals surface area contributed by atoms with Gasteiger partial charge in [0.25, 0.3) is 11.8 Å². The Balaban J connectivity index is 1.41. The topological polar surface area (TPSA) is 105 Å². The molecule has 1 aromatic carbocycles. The summed E-state index contributed by atoms with van der Waals surface area (Å²) in [4.78, 5) is 32.6. The van der Waals surface area contributed by atoms with Crippen LogP contribution in [-0.4, -0.2) is 54.1 Å². The summed E-state index contributed by atoms with van der Waals surface area (Å²) in [6, 6.07) is 15.1. The molecule has 4 aromatic rings. The molecule has 0 saturated carbocycles. The molecule has 4 heterocycles. The Kier molecular flexibility index (Phi) is 5.85. The molecular formula is C25H26N6O3. The summed E-state index contributed by atoms with van der Waals surface area (Å²) in [5, 5.41) is 17.0. The van der Waals surface area contributed by atoms with Crippen LogP contribution in [-0.2, 0) is 19.5 Å². The van der Waals surface area contributed by atoms with Crippen molar-refractivity contribution in [3.05, 3.63) is 89.1 Å². The summed E-state index contributed by atoms with van der Waals surface area (Å²) in [5.74, 6) is -0.486. The molecule has 2 amide bonds. The highest BCUT2D eigenvalue weighted by Crippen LogP contribution is 2.25. The van der Waals surface area contributed by atoms with Crippen LogP contribution < -0.4 is 5.32 Å². The van der Waals surface area contributed by atoms with Gasteiger partial charge in [-0.15, -0.1) is 0 Å². The average molecular weight is 459 g/mol. The number of carbonyl (C=O) groups excluding carboxylic acids is 2. The van der Waals surface area contributed by atoms with Crippen molar-refractivity contribution in [2.24, 2.45) is 0 Å². The molecule has 3 aromatic heterocycles. The lowest BCUT2D eigenvalue weighted by molar-refractivity contribution is 0.0724. The van der Waals surface area contributed by atoms with E-state index in [-0.39, 0.29) is 31.0 Å². The van der Waals surface area contributed by atoms with Gasteiger partial charge in [0.05, 0.1) is 25.7 Å². The summed E-state index contributed by atoms with van der Waals surface area (Å²) >= 11 is 0. The van der Waals surface area contributed by atoms with Gasteiger partial charge >= 0.3 is 0 Å². The lowest BCUT2D eigenvalue weighted by Crippen LogP contribution is -2.37. The second-order valence-corrected chi connectivity index (χ2v) is 8.40. The Morgan fingerprint density at radius 2 is 1.94 bits per heavy atom. The van der Waals surface area contributed by atoms with E-state index >= 15 is 0 Å².